The summed E-state index contributed by atoms with van der Waals surface area (Å²) in [5.74, 6) is -0.806. The fraction of sp³-hybridized carbons (Fsp3) is 0.214. The zero-order chi connectivity index (χ0) is 15.6. The van der Waals surface area contributed by atoms with Gasteiger partial charge in [0.2, 0.25) is 5.91 Å². The standard InChI is InChI=1S/C14H16N4O3/c1-3-17-13(6-7-16-17)18(9(2)19)10-4-5-12(15)11(8-10)14(20)21/h4-8H,3,15H2,1-2H3,(H,20,21). The molecule has 2 aromatic rings. The van der Waals surface area contributed by atoms with Crippen molar-refractivity contribution in [1.82, 2.24) is 9.78 Å². The van der Waals surface area contributed by atoms with E-state index in [0.29, 0.717) is 18.1 Å². The highest BCUT2D eigenvalue weighted by Gasteiger charge is 2.20. The molecule has 0 spiro atoms. The molecule has 1 aromatic heterocycles. The molecule has 7 heteroatoms. The molecule has 1 aromatic carbocycles. The Morgan fingerprint density at radius 3 is 2.67 bits per heavy atom. The normalized spacial score (nSPS) is 10.4. The van der Waals surface area contributed by atoms with Crippen molar-refractivity contribution in [2.24, 2.45) is 0 Å². The number of nitrogens with two attached hydrogens (primary N) is 1. The second kappa shape index (κ2) is 5.66. The number of hydrogen-bond donors (Lipinski definition) is 2. The lowest BCUT2D eigenvalue weighted by atomic mass is 10.1. The number of rotatable bonds is 4. The number of amides is 1. The Labute approximate surface area is 121 Å². The summed E-state index contributed by atoms with van der Waals surface area (Å²) < 4.78 is 1.65. The second-order valence-electron chi connectivity index (χ2n) is 4.44. The molecular weight excluding hydrogens is 272 g/mol. The van der Waals surface area contributed by atoms with Crippen molar-refractivity contribution in [1.29, 1.82) is 0 Å². The van der Waals surface area contributed by atoms with Crippen LogP contribution in [-0.4, -0.2) is 26.8 Å². The van der Waals surface area contributed by atoms with Gasteiger partial charge in [0.15, 0.2) is 0 Å². The van der Waals surface area contributed by atoms with Crippen LogP contribution in [0.1, 0.15) is 24.2 Å². The summed E-state index contributed by atoms with van der Waals surface area (Å²) in [5.41, 5.74) is 6.19. The topological polar surface area (TPSA) is 101 Å². The molecule has 0 aliphatic carbocycles. The Hall–Kier alpha value is -2.83. The first kappa shape index (κ1) is 14.6. The van der Waals surface area contributed by atoms with Gasteiger partial charge in [-0.25, -0.2) is 9.48 Å². The van der Waals surface area contributed by atoms with Crippen LogP contribution in [0.4, 0.5) is 17.2 Å². The van der Waals surface area contributed by atoms with Crippen LogP contribution in [0.5, 0.6) is 0 Å². The second-order valence-corrected chi connectivity index (χ2v) is 4.44. The molecule has 0 saturated heterocycles. The fourth-order valence-electron chi connectivity index (χ4n) is 2.10. The lowest BCUT2D eigenvalue weighted by molar-refractivity contribution is -0.115. The maximum absolute atomic E-state index is 12.0. The van der Waals surface area contributed by atoms with Gasteiger partial charge in [-0.1, -0.05) is 0 Å². The average molecular weight is 288 g/mol. The molecule has 0 aliphatic rings. The van der Waals surface area contributed by atoms with E-state index in [2.05, 4.69) is 5.10 Å². The van der Waals surface area contributed by atoms with E-state index in [4.69, 9.17) is 10.8 Å². The third-order valence-electron chi connectivity index (χ3n) is 3.06. The summed E-state index contributed by atoms with van der Waals surface area (Å²) in [6, 6.07) is 6.16. The highest BCUT2D eigenvalue weighted by Crippen LogP contribution is 2.28. The molecule has 21 heavy (non-hydrogen) atoms. The Kier molecular flexibility index (Phi) is 3.93. The summed E-state index contributed by atoms with van der Waals surface area (Å²) in [4.78, 5) is 24.6. The number of carboxylic acids is 1. The molecule has 7 nitrogen and oxygen atoms in total. The molecule has 0 atom stereocenters. The van der Waals surface area contributed by atoms with Gasteiger partial charge in [0.1, 0.15) is 5.82 Å². The van der Waals surface area contributed by atoms with Crippen molar-refractivity contribution in [3.8, 4) is 0 Å². The van der Waals surface area contributed by atoms with Gasteiger partial charge >= 0.3 is 5.97 Å². The van der Waals surface area contributed by atoms with E-state index >= 15 is 0 Å². The molecular formula is C14H16N4O3. The number of carbonyl (C=O) groups is 2. The van der Waals surface area contributed by atoms with Gasteiger partial charge in [-0.05, 0) is 25.1 Å². The Morgan fingerprint density at radius 2 is 2.10 bits per heavy atom. The predicted octanol–water partition coefficient (Wildman–Crippen LogP) is 1.87. The number of carboxylic acid groups (broad SMARTS) is 1. The molecule has 1 amide bonds. The SMILES string of the molecule is CCn1nccc1N(C(C)=O)c1ccc(N)c(C(=O)O)c1. The maximum Gasteiger partial charge on any atom is 0.337 e. The summed E-state index contributed by atoms with van der Waals surface area (Å²) >= 11 is 0. The van der Waals surface area contributed by atoms with E-state index in [1.807, 2.05) is 6.92 Å². The van der Waals surface area contributed by atoms with Crippen LogP contribution in [0, 0.1) is 0 Å². The van der Waals surface area contributed by atoms with Crippen molar-refractivity contribution < 1.29 is 14.7 Å². The summed E-state index contributed by atoms with van der Waals surface area (Å²) in [6.45, 7) is 3.90. The van der Waals surface area contributed by atoms with E-state index in [-0.39, 0.29) is 17.2 Å². The number of hydrogen-bond acceptors (Lipinski definition) is 4. The lowest BCUT2D eigenvalue weighted by Crippen LogP contribution is -2.26. The summed E-state index contributed by atoms with van der Waals surface area (Å²) in [6.07, 6.45) is 1.59. The number of benzene rings is 1. The van der Waals surface area contributed by atoms with Crippen LogP contribution in [0.25, 0.3) is 0 Å². The van der Waals surface area contributed by atoms with E-state index in [9.17, 15) is 9.59 Å². The van der Waals surface area contributed by atoms with Gasteiger partial charge in [-0.3, -0.25) is 9.69 Å². The average Bonchev–Trinajstić information content (AvgIpc) is 2.88. The van der Waals surface area contributed by atoms with Gasteiger partial charge in [0.25, 0.3) is 0 Å². The highest BCUT2D eigenvalue weighted by molar-refractivity contribution is 6.01. The number of aryl methyl sites for hydroxylation is 1. The number of nitrogens with zero attached hydrogens (tertiary/aromatic N) is 3. The molecule has 0 fully saturated rings. The van der Waals surface area contributed by atoms with Crippen LogP contribution in [0.3, 0.4) is 0 Å². The minimum atomic E-state index is -1.14. The van der Waals surface area contributed by atoms with Crippen molar-refractivity contribution in [3.05, 3.63) is 36.0 Å². The first-order valence-electron chi connectivity index (χ1n) is 6.41. The third-order valence-corrected chi connectivity index (χ3v) is 3.06. The van der Waals surface area contributed by atoms with Gasteiger partial charge in [-0.2, -0.15) is 5.10 Å². The zero-order valence-electron chi connectivity index (χ0n) is 11.8. The van der Waals surface area contributed by atoms with Crippen molar-refractivity contribution in [2.75, 3.05) is 10.6 Å². The molecule has 2 rings (SSSR count). The fourth-order valence-corrected chi connectivity index (χ4v) is 2.10. The van der Waals surface area contributed by atoms with Crippen LogP contribution in [-0.2, 0) is 11.3 Å². The smallest absolute Gasteiger partial charge is 0.337 e. The summed E-state index contributed by atoms with van der Waals surface area (Å²) in [7, 11) is 0. The quantitative estimate of drug-likeness (QED) is 0.836. The molecule has 1 heterocycles. The van der Waals surface area contributed by atoms with Crippen LogP contribution in [0.15, 0.2) is 30.5 Å². The molecule has 3 N–H and O–H groups in total. The van der Waals surface area contributed by atoms with Gasteiger partial charge in [0.05, 0.1) is 17.4 Å². The molecule has 0 radical (unpaired) electrons. The monoisotopic (exact) mass is 288 g/mol. The molecule has 0 saturated carbocycles. The molecule has 0 unspecified atom stereocenters. The molecule has 0 bridgehead atoms. The third kappa shape index (κ3) is 2.71. The highest BCUT2D eigenvalue weighted by atomic mass is 16.4. The van der Waals surface area contributed by atoms with Crippen LogP contribution < -0.4 is 10.6 Å². The van der Waals surface area contributed by atoms with E-state index in [1.54, 1.807) is 23.0 Å². The minimum absolute atomic E-state index is 0.0405. The Bertz CT molecular complexity index is 693. The zero-order valence-corrected chi connectivity index (χ0v) is 11.8. The van der Waals surface area contributed by atoms with E-state index in [1.165, 1.54) is 24.0 Å². The van der Waals surface area contributed by atoms with Crippen molar-refractivity contribution >= 4 is 29.1 Å². The van der Waals surface area contributed by atoms with Crippen molar-refractivity contribution in [3.63, 3.8) is 0 Å². The Morgan fingerprint density at radius 1 is 1.38 bits per heavy atom. The number of anilines is 3. The van der Waals surface area contributed by atoms with Crippen molar-refractivity contribution in [2.45, 2.75) is 20.4 Å². The van der Waals surface area contributed by atoms with Gasteiger partial charge in [-0.15, -0.1) is 0 Å². The first-order chi connectivity index (χ1) is 9.95. The van der Waals surface area contributed by atoms with E-state index in [0.717, 1.165) is 0 Å². The predicted molar refractivity (Wildman–Crippen MR) is 78.5 cm³/mol. The number of aromatic nitrogens is 2. The number of aromatic carboxylic acids is 1. The lowest BCUT2D eigenvalue weighted by Gasteiger charge is -2.22. The molecule has 0 aliphatic heterocycles. The van der Waals surface area contributed by atoms with Gasteiger partial charge in [0, 0.05) is 25.2 Å². The number of nitrogen functional groups attached to an aromatic ring is 1. The van der Waals surface area contributed by atoms with Crippen LogP contribution in [0.2, 0.25) is 0 Å². The number of carbonyl (C=O) groups excluding carboxylic acids is 1. The summed E-state index contributed by atoms with van der Waals surface area (Å²) in [5, 5.41) is 13.3. The van der Waals surface area contributed by atoms with Crippen LogP contribution >= 0.6 is 0 Å². The first-order valence-corrected chi connectivity index (χ1v) is 6.41. The van der Waals surface area contributed by atoms with Gasteiger partial charge < -0.3 is 10.8 Å². The molecule has 110 valence electrons. The maximum atomic E-state index is 12.0. The Balaban J connectivity index is 2.57. The minimum Gasteiger partial charge on any atom is -0.478 e. The van der Waals surface area contributed by atoms with E-state index < -0.39 is 5.97 Å². The largest absolute Gasteiger partial charge is 0.478 e.